The van der Waals surface area contributed by atoms with Gasteiger partial charge in [-0.15, -0.1) is 0 Å². The lowest BCUT2D eigenvalue weighted by atomic mass is 10.1. The van der Waals surface area contributed by atoms with E-state index in [4.69, 9.17) is 5.73 Å². The lowest BCUT2D eigenvalue weighted by Gasteiger charge is -2.04. The number of nitrogens with two attached hydrogens (primary N) is 1. The van der Waals surface area contributed by atoms with Crippen molar-refractivity contribution in [3.05, 3.63) is 52.8 Å². The van der Waals surface area contributed by atoms with E-state index in [9.17, 15) is 0 Å². The van der Waals surface area contributed by atoms with Gasteiger partial charge >= 0.3 is 0 Å². The molecule has 0 atom stereocenters. The Hall–Kier alpha value is -1.39. The van der Waals surface area contributed by atoms with Crippen molar-refractivity contribution < 1.29 is 0 Å². The molecule has 0 radical (unpaired) electrons. The van der Waals surface area contributed by atoms with Gasteiger partial charge in [-0.3, -0.25) is 0 Å². The summed E-state index contributed by atoms with van der Waals surface area (Å²) in [6, 6.07) is 10.3. The summed E-state index contributed by atoms with van der Waals surface area (Å²) in [5, 5.41) is 0.839. The Morgan fingerprint density at radius 1 is 1.06 bits per heavy atom. The molecule has 2 aromatic rings. The Morgan fingerprint density at radius 2 is 1.72 bits per heavy atom. The number of thioether (sulfide) groups is 1. The molecule has 0 aliphatic heterocycles. The molecular weight excluding hydrogens is 242 g/mol. The third-order valence-corrected chi connectivity index (χ3v) is 3.48. The number of aryl methyl sites for hydroxylation is 2. The maximum absolute atomic E-state index is 5.63. The van der Waals surface area contributed by atoms with Crippen LogP contribution in [0.25, 0.3) is 0 Å². The van der Waals surface area contributed by atoms with Crippen LogP contribution in [-0.2, 0) is 12.3 Å². The molecule has 1 heterocycles. The minimum Gasteiger partial charge on any atom is -0.326 e. The van der Waals surface area contributed by atoms with Crippen LogP contribution in [0.4, 0.5) is 0 Å². The van der Waals surface area contributed by atoms with E-state index in [-0.39, 0.29) is 0 Å². The molecular formula is C14H17N3S. The zero-order valence-corrected chi connectivity index (χ0v) is 11.5. The number of rotatable bonds is 4. The van der Waals surface area contributed by atoms with E-state index in [1.165, 1.54) is 5.56 Å². The average molecular weight is 259 g/mol. The molecule has 0 spiro atoms. The number of hydrogen-bond acceptors (Lipinski definition) is 4. The van der Waals surface area contributed by atoms with Crippen molar-refractivity contribution in [3.63, 3.8) is 0 Å². The minimum absolute atomic E-state index is 0.582. The van der Waals surface area contributed by atoms with Crippen LogP contribution in [0.2, 0.25) is 0 Å². The van der Waals surface area contributed by atoms with Crippen LogP contribution in [0.5, 0.6) is 0 Å². The van der Waals surface area contributed by atoms with Crippen molar-refractivity contribution in [2.75, 3.05) is 0 Å². The predicted molar refractivity (Wildman–Crippen MR) is 75.4 cm³/mol. The quantitative estimate of drug-likeness (QED) is 0.677. The maximum atomic E-state index is 5.63. The van der Waals surface area contributed by atoms with Crippen LogP contribution in [0.15, 0.2) is 35.5 Å². The molecule has 3 nitrogen and oxygen atoms in total. The largest absolute Gasteiger partial charge is 0.326 e. The summed E-state index contributed by atoms with van der Waals surface area (Å²) in [4.78, 5) is 8.84. The van der Waals surface area contributed by atoms with E-state index in [1.807, 2.05) is 32.0 Å². The molecule has 1 aromatic heterocycles. The number of hydrogen-bond donors (Lipinski definition) is 1. The van der Waals surface area contributed by atoms with Crippen molar-refractivity contribution in [2.45, 2.75) is 31.3 Å². The van der Waals surface area contributed by atoms with E-state index < -0.39 is 0 Å². The first-order valence-corrected chi connectivity index (χ1v) is 6.89. The third-order valence-electron chi connectivity index (χ3n) is 2.56. The summed E-state index contributed by atoms with van der Waals surface area (Å²) in [5.41, 5.74) is 10.1. The van der Waals surface area contributed by atoms with Crippen LogP contribution in [0.1, 0.15) is 22.5 Å². The van der Waals surface area contributed by atoms with Gasteiger partial charge in [-0.1, -0.05) is 36.0 Å². The molecule has 0 saturated carbocycles. The van der Waals surface area contributed by atoms with Crippen molar-refractivity contribution >= 4 is 11.8 Å². The Bertz CT molecular complexity index is 520. The van der Waals surface area contributed by atoms with Gasteiger partial charge in [0.05, 0.1) is 0 Å². The SMILES string of the molecule is Cc1cc(C)nc(SCc2cccc(CN)c2)n1. The monoisotopic (exact) mass is 259 g/mol. The maximum Gasteiger partial charge on any atom is 0.188 e. The van der Waals surface area contributed by atoms with Gasteiger partial charge in [0, 0.05) is 23.7 Å². The van der Waals surface area contributed by atoms with Crippen LogP contribution in [-0.4, -0.2) is 9.97 Å². The molecule has 0 amide bonds. The zero-order chi connectivity index (χ0) is 13.0. The first-order valence-electron chi connectivity index (χ1n) is 5.90. The van der Waals surface area contributed by atoms with Crippen molar-refractivity contribution in [1.29, 1.82) is 0 Å². The molecule has 18 heavy (non-hydrogen) atoms. The molecule has 0 aliphatic rings. The summed E-state index contributed by atoms with van der Waals surface area (Å²) in [7, 11) is 0. The molecule has 0 unspecified atom stereocenters. The second-order valence-corrected chi connectivity index (χ2v) is 5.19. The fourth-order valence-corrected chi connectivity index (χ4v) is 2.64. The molecule has 1 aromatic carbocycles. The van der Waals surface area contributed by atoms with Gasteiger partial charge in [0.1, 0.15) is 0 Å². The Labute approximate surface area is 112 Å². The molecule has 0 saturated heterocycles. The summed E-state index contributed by atoms with van der Waals surface area (Å²) in [6.07, 6.45) is 0. The van der Waals surface area contributed by atoms with Crippen LogP contribution in [0.3, 0.4) is 0 Å². The van der Waals surface area contributed by atoms with Gasteiger partial charge in [0.2, 0.25) is 0 Å². The fraction of sp³-hybridized carbons (Fsp3) is 0.286. The first kappa shape index (κ1) is 13.1. The lowest BCUT2D eigenvalue weighted by molar-refractivity contribution is 0.902. The van der Waals surface area contributed by atoms with E-state index >= 15 is 0 Å². The third kappa shape index (κ3) is 3.55. The van der Waals surface area contributed by atoms with Crippen LogP contribution >= 0.6 is 11.8 Å². The molecule has 4 heteroatoms. The predicted octanol–water partition coefficient (Wildman–Crippen LogP) is 2.84. The van der Waals surface area contributed by atoms with Gasteiger partial charge in [0.25, 0.3) is 0 Å². The summed E-state index contributed by atoms with van der Waals surface area (Å²) >= 11 is 1.66. The summed E-state index contributed by atoms with van der Waals surface area (Å²) in [5.74, 6) is 0.872. The average Bonchev–Trinajstić information content (AvgIpc) is 2.35. The highest BCUT2D eigenvalue weighted by molar-refractivity contribution is 7.98. The van der Waals surface area contributed by atoms with Crippen LogP contribution in [0, 0.1) is 13.8 Å². The summed E-state index contributed by atoms with van der Waals surface area (Å²) in [6.45, 7) is 4.57. The zero-order valence-electron chi connectivity index (χ0n) is 10.7. The van der Waals surface area contributed by atoms with Crippen molar-refractivity contribution in [3.8, 4) is 0 Å². The van der Waals surface area contributed by atoms with Crippen molar-refractivity contribution in [1.82, 2.24) is 9.97 Å². The van der Waals surface area contributed by atoms with Gasteiger partial charge < -0.3 is 5.73 Å². The molecule has 0 fully saturated rings. The normalized spacial score (nSPS) is 10.6. The smallest absolute Gasteiger partial charge is 0.188 e. The standard InChI is InChI=1S/C14H17N3S/c1-10-6-11(2)17-14(16-10)18-9-13-5-3-4-12(7-13)8-15/h3-7H,8-9,15H2,1-2H3. The van der Waals surface area contributed by atoms with Gasteiger partial charge in [-0.25, -0.2) is 9.97 Å². The first-order chi connectivity index (χ1) is 8.67. The lowest BCUT2D eigenvalue weighted by Crippen LogP contribution is -1.97. The van der Waals surface area contributed by atoms with Gasteiger partial charge in [0.15, 0.2) is 5.16 Å². The molecule has 0 aliphatic carbocycles. The Kier molecular flexibility index (Phi) is 4.33. The van der Waals surface area contributed by atoms with E-state index in [0.717, 1.165) is 27.9 Å². The molecule has 2 N–H and O–H groups in total. The van der Waals surface area contributed by atoms with Gasteiger partial charge in [-0.2, -0.15) is 0 Å². The molecule has 2 rings (SSSR count). The van der Waals surface area contributed by atoms with E-state index in [1.54, 1.807) is 11.8 Å². The molecule has 0 bridgehead atoms. The number of aromatic nitrogens is 2. The fourth-order valence-electron chi connectivity index (χ4n) is 1.75. The second-order valence-electron chi connectivity index (χ2n) is 4.25. The number of nitrogens with zero attached hydrogens (tertiary/aromatic N) is 2. The highest BCUT2D eigenvalue weighted by atomic mass is 32.2. The summed E-state index contributed by atoms with van der Waals surface area (Å²) < 4.78 is 0. The van der Waals surface area contributed by atoms with E-state index in [0.29, 0.717) is 6.54 Å². The van der Waals surface area contributed by atoms with Crippen LogP contribution < -0.4 is 5.73 Å². The van der Waals surface area contributed by atoms with Crippen molar-refractivity contribution in [2.24, 2.45) is 5.73 Å². The topological polar surface area (TPSA) is 51.8 Å². The minimum atomic E-state index is 0.582. The Balaban J connectivity index is 2.06. The van der Waals surface area contributed by atoms with Gasteiger partial charge in [-0.05, 0) is 31.0 Å². The molecule has 94 valence electrons. The Morgan fingerprint density at radius 3 is 2.39 bits per heavy atom. The highest BCUT2D eigenvalue weighted by Gasteiger charge is 2.02. The highest BCUT2D eigenvalue weighted by Crippen LogP contribution is 2.20. The second kappa shape index (κ2) is 5.98. The van der Waals surface area contributed by atoms with E-state index in [2.05, 4.69) is 22.1 Å². The number of benzene rings is 1.